The molecule has 7 nitrogen and oxygen atoms in total. The molecule has 0 spiro atoms. The van der Waals surface area contributed by atoms with Crippen LogP contribution in [0.2, 0.25) is 0 Å². The fourth-order valence-electron chi connectivity index (χ4n) is 1.50. The van der Waals surface area contributed by atoms with Gasteiger partial charge in [0.15, 0.2) is 0 Å². The first-order valence-electron chi connectivity index (χ1n) is 5.79. The summed E-state index contributed by atoms with van der Waals surface area (Å²) in [5.74, 6) is -0.186. The number of rotatable bonds is 6. The Morgan fingerprint density at radius 2 is 2.00 bits per heavy atom. The average Bonchev–Trinajstić information content (AvgIpc) is 2.44. The molecule has 1 rings (SSSR count). The number of anilines is 1. The highest BCUT2D eigenvalue weighted by Crippen LogP contribution is 2.26. The average molecular weight is 302 g/mol. The van der Waals surface area contributed by atoms with Crippen LogP contribution in [0.25, 0.3) is 0 Å². The van der Waals surface area contributed by atoms with Crippen LogP contribution < -0.4 is 10.5 Å². The highest BCUT2D eigenvalue weighted by atomic mass is 32.2. The van der Waals surface area contributed by atoms with Crippen molar-refractivity contribution in [2.75, 3.05) is 33.5 Å². The lowest BCUT2D eigenvalue weighted by molar-refractivity contribution is -0.140. The van der Waals surface area contributed by atoms with E-state index in [2.05, 4.69) is 4.74 Å². The molecular weight excluding hydrogens is 284 g/mol. The number of carbonyl (C=O) groups is 1. The van der Waals surface area contributed by atoms with Gasteiger partial charge < -0.3 is 15.2 Å². The number of nitrogens with zero attached hydrogens (tertiary/aromatic N) is 1. The normalized spacial score (nSPS) is 11.4. The summed E-state index contributed by atoms with van der Waals surface area (Å²) in [6, 6.07) is 4.20. The van der Waals surface area contributed by atoms with Gasteiger partial charge in [-0.15, -0.1) is 0 Å². The smallest absolute Gasteiger partial charge is 0.306 e. The second-order valence-corrected chi connectivity index (χ2v) is 6.10. The lowest BCUT2D eigenvalue weighted by atomic mass is 10.3. The predicted octanol–water partition coefficient (Wildman–Crippen LogP) is 0.461. The van der Waals surface area contributed by atoms with E-state index in [9.17, 15) is 13.2 Å². The van der Waals surface area contributed by atoms with Crippen molar-refractivity contribution in [3.05, 3.63) is 18.2 Å². The molecule has 0 aliphatic rings. The molecule has 0 aliphatic heterocycles. The van der Waals surface area contributed by atoms with Gasteiger partial charge in [-0.3, -0.25) is 4.79 Å². The molecular formula is C12H18N2O5S. The molecule has 0 saturated carbocycles. The van der Waals surface area contributed by atoms with Crippen molar-refractivity contribution < 1.29 is 22.7 Å². The summed E-state index contributed by atoms with van der Waals surface area (Å²) in [4.78, 5) is 11.1. The van der Waals surface area contributed by atoms with Crippen LogP contribution >= 0.6 is 0 Å². The van der Waals surface area contributed by atoms with Gasteiger partial charge in [-0.2, -0.15) is 0 Å². The fraction of sp³-hybridized carbons (Fsp3) is 0.417. The van der Waals surface area contributed by atoms with Gasteiger partial charge in [-0.25, -0.2) is 12.7 Å². The second kappa shape index (κ2) is 6.58. The van der Waals surface area contributed by atoms with Crippen molar-refractivity contribution in [2.45, 2.75) is 11.3 Å². The predicted molar refractivity (Wildman–Crippen MR) is 73.9 cm³/mol. The SMILES string of the molecule is COC(=O)CCN(C)S(=O)(=O)c1ccc(N)c(OC)c1. The maximum absolute atomic E-state index is 12.3. The van der Waals surface area contributed by atoms with Gasteiger partial charge in [0.05, 0.1) is 31.2 Å². The molecule has 0 saturated heterocycles. The van der Waals surface area contributed by atoms with Gasteiger partial charge in [-0.1, -0.05) is 0 Å². The largest absolute Gasteiger partial charge is 0.495 e. The summed E-state index contributed by atoms with van der Waals surface area (Å²) < 4.78 is 35.1. The maximum Gasteiger partial charge on any atom is 0.306 e. The summed E-state index contributed by atoms with van der Waals surface area (Å²) in [6.07, 6.45) is -0.0155. The van der Waals surface area contributed by atoms with Crippen molar-refractivity contribution in [3.8, 4) is 5.75 Å². The Morgan fingerprint density at radius 1 is 1.35 bits per heavy atom. The number of carbonyl (C=O) groups excluding carboxylic acids is 1. The van der Waals surface area contributed by atoms with E-state index in [4.69, 9.17) is 10.5 Å². The third-order valence-corrected chi connectivity index (χ3v) is 4.62. The molecule has 0 aromatic heterocycles. The highest BCUT2D eigenvalue weighted by Gasteiger charge is 2.22. The lowest BCUT2D eigenvalue weighted by Gasteiger charge is -2.17. The van der Waals surface area contributed by atoms with Crippen LogP contribution in [0.1, 0.15) is 6.42 Å². The first-order valence-corrected chi connectivity index (χ1v) is 7.23. The van der Waals surface area contributed by atoms with Gasteiger partial charge in [0, 0.05) is 19.7 Å². The van der Waals surface area contributed by atoms with Gasteiger partial charge in [0.2, 0.25) is 10.0 Å². The van der Waals surface area contributed by atoms with Gasteiger partial charge in [0.25, 0.3) is 0 Å². The van der Waals surface area contributed by atoms with Gasteiger partial charge in [0.1, 0.15) is 5.75 Å². The van der Waals surface area contributed by atoms with E-state index in [1.165, 1.54) is 39.5 Å². The third kappa shape index (κ3) is 3.61. The van der Waals surface area contributed by atoms with E-state index in [0.717, 1.165) is 4.31 Å². The van der Waals surface area contributed by atoms with Crippen LogP contribution in [0.4, 0.5) is 5.69 Å². The van der Waals surface area contributed by atoms with Crippen molar-refractivity contribution in [3.63, 3.8) is 0 Å². The lowest BCUT2D eigenvalue weighted by Crippen LogP contribution is -2.29. The number of ether oxygens (including phenoxy) is 2. The van der Waals surface area contributed by atoms with Crippen LogP contribution in [0.5, 0.6) is 5.75 Å². The van der Waals surface area contributed by atoms with E-state index < -0.39 is 16.0 Å². The maximum atomic E-state index is 12.3. The Labute approximate surface area is 118 Å². The quantitative estimate of drug-likeness (QED) is 0.605. The van der Waals surface area contributed by atoms with E-state index in [-0.39, 0.29) is 23.6 Å². The molecule has 0 fully saturated rings. The van der Waals surface area contributed by atoms with Crippen molar-refractivity contribution in [1.82, 2.24) is 4.31 Å². The van der Waals surface area contributed by atoms with Crippen LogP contribution in [-0.4, -0.2) is 46.5 Å². The standard InChI is InChI=1S/C12H18N2O5S/c1-14(7-6-12(15)19-3)20(16,17)9-4-5-10(13)11(8-9)18-2/h4-5,8H,6-7,13H2,1-3H3. The number of hydrogen-bond donors (Lipinski definition) is 1. The molecule has 0 heterocycles. The molecule has 0 bridgehead atoms. The Hall–Kier alpha value is -1.80. The van der Waals surface area contributed by atoms with Crippen LogP contribution in [0.15, 0.2) is 23.1 Å². The molecule has 2 N–H and O–H groups in total. The van der Waals surface area contributed by atoms with Crippen LogP contribution in [0.3, 0.4) is 0 Å². The number of methoxy groups -OCH3 is 2. The molecule has 0 aliphatic carbocycles. The monoisotopic (exact) mass is 302 g/mol. The summed E-state index contributed by atoms with van der Waals surface area (Å²) in [5, 5.41) is 0. The zero-order chi connectivity index (χ0) is 15.3. The third-order valence-electron chi connectivity index (χ3n) is 2.77. The van der Waals surface area contributed by atoms with Gasteiger partial charge in [-0.05, 0) is 12.1 Å². The zero-order valence-corrected chi connectivity index (χ0v) is 12.4. The number of nitrogens with two attached hydrogens (primary N) is 1. The minimum Gasteiger partial charge on any atom is -0.495 e. The van der Waals surface area contributed by atoms with E-state index in [0.29, 0.717) is 5.69 Å². The molecule has 0 amide bonds. The number of sulfonamides is 1. The molecule has 20 heavy (non-hydrogen) atoms. The Kier molecular flexibility index (Phi) is 5.34. The first kappa shape index (κ1) is 16.3. The molecule has 8 heteroatoms. The van der Waals surface area contributed by atoms with E-state index >= 15 is 0 Å². The molecule has 1 aromatic carbocycles. The first-order chi connectivity index (χ1) is 9.32. The molecule has 0 atom stereocenters. The topological polar surface area (TPSA) is 98.9 Å². The molecule has 1 aromatic rings. The minimum atomic E-state index is -3.70. The van der Waals surface area contributed by atoms with Crippen molar-refractivity contribution >= 4 is 21.7 Å². The summed E-state index contributed by atoms with van der Waals surface area (Å²) in [6.45, 7) is 0.0295. The van der Waals surface area contributed by atoms with E-state index in [1.54, 1.807) is 0 Å². The molecule has 0 radical (unpaired) electrons. The van der Waals surface area contributed by atoms with Crippen molar-refractivity contribution in [2.24, 2.45) is 0 Å². The Bertz CT molecular complexity index is 586. The number of hydrogen-bond acceptors (Lipinski definition) is 6. The molecule has 112 valence electrons. The highest BCUT2D eigenvalue weighted by molar-refractivity contribution is 7.89. The van der Waals surface area contributed by atoms with E-state index in [1.807, 2.05) is 0 Å². The summed E-state index contributed by atoms with van der Waals surface area (Å²) >= 11 is 0. The van der Waals surface area contributed by atoms with Crippen LogP contribution in [0, 0.1) is 0 Å². The summed E-state index contributed by atoms with van der Waals surface area (Å²) in [5.41, 5.74) is 5.99. The summed E-state index contributed by atoms with van der Waals surface area (Å²) in [7, 11) is 0.345. The number of benzene rings is 1. The minimum absolute atomic E-state index is 0.0155. The van der Waals surface area contributed by atoms with Gasteiger partial charge >= 0.3 is 5.97 Å². The zero-order valence-electron chi connectivity index (χ0n) is 11.6. The fourth-order valence-corrected chi connectivity index (χ4v) is 2.69. The number of esters is 1. The van der Waals surface area contributed by atoms with Crippen LogP contribution in [-0.2, 0) is 19.6 Å². The Morgan fingerprint density at radius 3 is 2.55 bits per heavy atom. The second-order valence-electron chi connectivity index (χ2n) is 4.06. The number of nitrogen functional groups attached to an aromatic ring is 1. The van der Waals surface area contributed by atoms with Crippen molar-refractivity contribution in [1.29, 1.82) is 0 Å². The Balaban J connectivity index is 2.95. The molecule has 0 unspecified atom stereocenters.